The number of fused-ring (bicyclic) bond motifs is 1. The number of nitrogens with one attached hydrogen (secondary N) is 1. The van der Waals surface area contributed by atoms with Crippen LogP contribution in [0, 0.1) is 5.92 Å². The molecular formula is C10H12Cl2N4O. The Morgan fingerprint density at radius 1 is 1.59 bits per heavy atom. The van der Waals surface area contributed by atoms with Gasteiger partial charge in [0.2, 0.25) is 0 Å². The smallest absolute Gasteiger partial charge is 0.198 e. The molecule has 2 aliphatic heterocycles. The first-order valence-electron chi connectivity index (χ1n) is 5.51. The van der Waals surface area contributed by atoms with Crippen molar-refractivity contribution in [2.24, 2.45) is 10.9 Å². The fourth-order valence-electron chi connectivity index (χ4n) is 2.13. The van der Waals surface area contributed by atoms with Crippen LogP contribution in [0.3, 0.4) is 0 Å². The SMILES string of the molecule is ClC1=NC(Cl)Nc2c1ncn2CC1CCOC1. The molecule has 2 aliphatic rings. The first-order chi connectivity index (χ1) is 8.24. The topological polar surface area (TPSA) is 51.4 Å². The molecule has 3 heterocycles. The molecule has 1 saturated heterocycles. The van der Waals surface area contributed by atoms with Gasteiger partial charge in [-0.2, -0.15) is 0 Å². The third-order valence-corrected chi connectivity index (χ3v) is 3.48. The molecule has 0 amide bonds. The third kappa shape index (κ3) is 2.14. The lowest BCUT2D eigenvalue weighted by atomic mass is 10.1. The Balaban J connectivity index is 1.85. The van der Waals surface area contributed by atoms with E-state index in [1.807, 2.05) is 4.57 Å². The van der Waals surface area contributed by atoms with Gasteiger partial charge < -0.3 is 14.6 Å². The summed E-state index contributed by atoms with van der Waals surface area (Å²) in [6, 6.07) is 0. The average molecular weight is 275 g/mol. The number of aliphatic imine (C=N–C) groups is 1. The van der Waals surface area contributed by atoms with Crippen molar-refractivity contribution in [3.63, 3.8) is 0 Å². The first kappa shape index (κ1) is 11.3. The molecule has 0 radical (unpaired) electrons. The molecule has 7 heteroatoms. The van der Waals surface area contributed by atoms with E-state index in [1.165, 1.54) is 0 Å². The summed E-state index contributed by atoms with van der Waals surface area (Å²) < 4.78 is 7.39. The Bertz CT molecular complexity index is 453. The van der Waals surface area contributed by atoms with E-state index in [9.17, 15) is 0 Å². The van der Waals surface area contributed by atoms with E-state index in [2.05, 4.69) is 15.3 Å². The van der Waals surface area contributed by atoms with Gasteiger partial charge in [-0.25, -0.2) is 9.98 Å². The van der Waals surface area contributed by atoms with Crippen LogP contribution in [-0.4, -0.2) is 33.6 Å². The van der Waals surface area contributed by atoms with Gasteiger partial charge in [-0.15, -0.1) is 0 Å². The second-order valence-corrected chi connectivity index (χ2v) is 5.00. The van der Waals surface area contributed by atoms with Crippen LogP contribution in [0.1, 0.15) is 12.1 Å². The third-order valence-electron chi connectivity index (χ3n) is 2.99. The van der Waals surface area contributed by atoms with Crippen molar-refractivity contribution >= 4 is 34.2 Å². The highest BCUT2D eigenvalue weighted by atomic mass is 35.5. The van der Waals surface area contributed by atoms with Crippen molar-refractivity contribution in [1.82, 2.24) is 9.55 Å². The minimum Gasteiger partial charge on any atom is -0.381 e. The van der Waals surface area contributed by atoms with Gasteiger partial charge in [-0.1, -0.05) is 23.2 Å². The van der Waals surface area contributed by atoms with Gasteiger partial charge in [0.15, 0.2) is 10.8 Å². The van der Waals surface area contributed by atoms with Crippen molar-refractivity contribution in [1.29, 1.82) is 0 Å². The fourth-order valence-corrected chi connectivity index (χ4v) is 2.62. The fraction of sp³-hybridized carbons (Fsp3) is 0.600. The Labute approximate surface area is 109 Å². The molecule has 0 aromatic carbocycles. The summed E-state index contributed by atoms with van der Waals surface area (Å²) in [5.41, 5.74) is 0.146. The molecule has 0 saturated carbocycles. The van der Waals surface area contributed by atoms with Crippen molar-refractivity contribution < 1.29 is 4.74 Å². The summed E-state index contributed by atoms with van der Waals surface area (Å²) in [5.74, 6) is 1.37. The predicted octanol–water partition coefficient (Wildman–Crippen LogP) is 1.85. The van der Waals surface area contributed by atoms with Crippen molar-refractivity contribution in [2.75, 3.05) is 18.5 Å². The van der Waals surface area contributed by atoms with Crippen molar-refractivity contribution in [3.8, 4) is 0 Å². The molecule has 17 heavy (non-hydrogen) atoms. The van der Waals surface area contributed by atoms with Gasteiger partial charge in [0, 0.05) is 19.1 Å². The number of hydrogen-bond acceptors (Lipinski definition) is 4. The molecule has 1 N–H and O–H groups in total. The van der Waals surface area contributed by atoms with Crippen molar-refractivity contribution in [2.45, 2.75) is 18.6 Å². The average Bonchev–Trinajstić information content (AvgIpc) is 2.89. The Morgan fingerprint density at radius 3 is 3.24 bits per heavy atom. The largest absolute Gasteiger partial charge is 0.381 e. The van der Waals surface area contributed by atoms with E-state index in [4.69, 9.17) is 27.9 Å². The summed E-state index contributed by atoms with van der Waals surface area (Å²) in [6.45, 7) is 2.51. The molecule has 1 aromatic heterocycles. The molecule has 0 aliphatic carbocycles. The molecule has 92 valence electrons. The Morgan fingerprint density at radius 2 is 2.47 bits per heavy atom. The Hall–Kier alpha value is -0.780. The first-order valence-corrected chi connectivity index (χ1v) is 6.32. The number of nitrogens with zero attached hydrogens (tertiary/aromatic N) is 3. The maximum Gasteiger partial charge on any atom is 0.198 e. The summed E-state index contributed by atoms with van der Waals surface area (Å²) >= 11 is 11.9. The summed E-state index contributed by atoms with van der Waals surface area (Å²) in [5, 5.41) is 3.43. The molecule has 0 spiro atoms. The molecule has 2 unspecified atom stereocenters. The van der Waals surface area contributed by atoms with E-state index >= 15 is 0 Å². The second kappa shape index (κ2) is 4.48. The summed E-state index contributed by atoms with van der Waals surface area (Å²) in [7, 11) is 0. The van der Waals surface area contributed by atoms with Gasteiger partial charge >= 0.3 is 0 Å². The second-order valence-electron chi connectivity index (χ2n) is 4.22. The lowest BCUT2D eigenvalue weighted by Gasteiger charge is -2.19. The normalized spacial score (nSPS) is 27.5. The predicted molar refractivity (Wildman–Crippen MR) is 66.8 cm³/mol. The monoisotopic (exact) mass is 274 g/mol. The van der Waals surface area contributed by atoms with Gasteiger partial charge in [-0.3, -0.25) is 0 Å². The van der Waals surface area contributed by atoms with Gasteiger partial charge in [0.25, 0.3) is 0 Å². The minimum absolute atomic E-state index is 0.361. The van der Waals surface area contributed by atoms with E-state index in [0.29, 0.717) is 16.8 Å². The minimum atomic E-state index is -0.523. The number of rotatable bonds is 2. The van der Waals surface area contributed by atoms with Gasteiger partial charge in [-0.05, 0) is 6.42 Å². The van der Waals surface area contributed by atoms with E-state index in [-0.39, 0.29) is 0 Å². The van der Waals surface area contributed by atoms with Gasteiger partial charge in [0.05, 0.1) is 12.9 Å². The highest BCUT2D eigenvalue weighted by Gasteiger charge is 2.24. The molecule has 1 fully saturated rings. The lowest BCUT2D eigenvalue weighted by molar-refractivity contribution is 0.182. The van der Waals surface area contributed by atoms with Gasteiger partial charge in [0.1, 0.15) is 11.5 Å². The highest BCUT2D eigenvalue weighted by molar-refractivity contribution is 6.70. The number of anilines is 1. The zero-order chi connectivity index (χ0) is 11.8. The zero-order valence-corrected chi connectivity index (χ0v) is 10.6. The highest BCUT2D eigenvalue weighted by Crippen LogP contribution is 2.26. The standard InChI is InChI=1S/C10H12Cl2N4O/c11-8-7-9(15-10(12)14-8)16(5-13-7)3-6-1-2-17-4-6/h5-6,10,15H,1-4H2. The van der Waals surface area contributed by atoms with Crippen LogP contribution in [-0.2, 0) is 11.3 Å². The zero-order valence-electron chi connectivity index (χ0n) is 9.07. The molecule has 3 rings (SSSR count). The van der Waals surface area contributed by atoms with Crippen LogP contribution in [0.2, 0.25) is 0 Å². The van der Waals surface area contributed by atoms with Crippen LogP contribution in [0.25, 0.3) is 0 Å². The quantitative estimate of drug-likeness (QED) is 0.662. The van der Waals surface area contributed by atoms with Crippen LogP contribution in [0.4, 0.5) is 5.82 Å². The number of imidazole rings is 1. The summed E-state index contributed by atoms with van der Waals surface area (Å²) in [6.07, 6.45) is 2.85. The van der Waals surface area contributed by atoms with Crippen LogP contribution >= 0.6 is 23.2 Å². The Kier molecular flexibility index (Phi) is 2.98. The molecule has 0 bridgehead atoms. The molecule has 2 atom stereocenters. The maximum absolute atomic E-state index is 6.00. The number of aromatic nitrogens is 2. The molecular weight excluding hydrogens is 263 g/mol. The summed E-state index contributed by atoms with van der Waals surface area (Å²) in [4.78, 5) is 8.26. The molecule has 1 aromatic rings. The van der Waals surface area contributed by atoms with Crippen molar-refractivity contribution in [3.05, 3.63) is 12.0 Å². The maximum atomic E-state index is 6.00. The van der Waals surface area contributed by atoms with E-state index in [1.54, 1.807) is 6.33 Å². The van der Waals surface area contributed by atoms with E-state index < -0.39 is 5.62 Å². The van der Waals surface area contributed by atoms with Crippen LogP contribution in [0.5, 0.6) is 0 Å². The van der Waals surface area contributed by atoms with Crippen LogP contribution < -0.4 is 5.32 Å². The number of hydrogen-bond donors (Lipinski definition) is 1. The van der Waals surface area contributed by atoms with Crippen LogP contribution in [0.15, 0.2) is 11.3 Å². The molecule has 5 nitrogen and oxygen atoms in total. The lowest BCUT2D eigenvalue weighted by Crippen LogP contribution is -2.22. The number of ether oxygens (including phenoxy) is 1. The number of alkyl halides is 1. The van der Waals surface area contributed by atoms with E-state index in [0.717, 1.165) is 32.0 Å². The number of halogens is 2.